The molecule has 0 radical (unpaired) electrons. The van der Waals surface area contributed by atoms with Crippen molar-refractivity contribution in [2.75, 3.05) is 6.26 Å². The molecule has 1 amide bonds. The van der Waals surface area contributed by atoms with Crippen molar-refractivity contribution in [2.45, 2.75) is 4.90 Å². The van der Waals surface area contributed by atoms with E-state index >= 15 is 0 Å². The van der Waals surface area contributed by atoms with Crippen molar-refractivity contribution in [1.82, 2.24) is 4.13 Å². The van der Waals surface area contributed by atoms with Gasteiger partial charge in [-0.15, -0.1) is 4.13 Å². The second-order valence-corrected chi connectivity index (χ2v) is 6.94. The Hall–Kier alpha value is -1.45. The van der Waals surface area contributed by atoms with Gasteiger partial charge < -0.3 is 5.73 Å². The lowest BCUT2D eigenvalue weighted by atomic mass is 10.2. The molecule has 1 rings (SSSR count). The van der Waals surface area contributed by atoms with Gasteiger partial charge in [0.05, 0.1) is 11.2 Å². The molecule has 0 aliphatic heterocycles. The first-order valence-electron chi connectivity index (χ1n) is 4.25. The molecule has 1 aromatic rings. The third-order valence-electron chi connectivity index (χ3n) is 1.69. The summed E-state index contributed by atoms with van der Waals surface area (Å²) in [5, 5.41) is 0. The minimum atomic E-state index is -4.22. The third kappa shape index (κ3) is 3.80. The minimum Gasteiger partial charge on any atom is -0.366 e. The van der Waals surface area contributed by atoms with Crippen LogP contribution in [0.1, 0.15) is 10.4 Å². The highest BCUT2D eigenvalue weighted by atomic mass is 32.3. The van der Waals surface area contributed by atoms with Crippen molar-refractivity contribution in [3.8, 4) is 0 Å². The molecule has 0 bridgehead atoms. The zero-order valence-corrected chi connectivity index (χ0v) is 10.4. The largest absolute Gasteiger partial charge is 0.366 e. The summed E-state index contributed by atoms with van der Waals surface area (Å²) in [5.41, 5.74) is 4.95. The molecule has 0 spiro atoms. The number of primary amides is 1. The number of hydrogen-bond donors (Lipinski definition) is 2. The van der Waals surface area contributed by atoms with E-state index in [9.17, 15) is 21.6 Å². The van der Waals surface area contributed by atoms with Gasteiger partial charge in [0, 0.05) is 5.56 Å². The minimum absolute atomic E-state index is 0.0265. The molecule has 7 nitrogen and oxygen atoms in total. The molecule has 0 unspecified atom stereocenters. The quantitative estimate of drug-likeness (QED) is 0.733. The Morgan fingerprint density at radius 3 is 2.29 bits per heavy atom. The Balaban J connectivity index is 3.25. The lowest BCUT2D eigenvalue weighted by Gasteiger charge is -2.05. The maximum Gasteiger partial charge on any atom is 0.253 e. The Morgan fingerprint density at radius 1 is 1.24 bits per heavy atom. The van der Waals surface area contributed by atoms with Crippen LogP contribution in [-0.4, -0.2) is 29.0 Å². The molecule has 1 aromatic carbocycles. The summed E-state index contributed by atoms with van der Waals surface area (Å²) in [4.78, 5) is 10.5. The molecule has 94 valence electrons. The number of sulfonamides is 2. The van der Waals surface area contributed by atoms with Crippen molar-refractivity contribution in [3.05, 3.63) is 29.8 Å². The molecule has 0 saturated heterocycles. The van der Waals surface area contributed by atoms with Crippen LogP contribution in [0, 0.1) is 0 Å². The van der Waals surface area contributed by atoms with Crippen molar-refractivity contribution >= 4 is 26.0 Å². The molecule has 0 aliphatic rings. The maximum atomic E-state index is 11.6. The predicted molar refractivity (Wildman–Crippen MR) is 60.1 cm³/mol. The van der Waals surface area contributed by atoms with Crippen LogP contribution in [0.5, 0.6) is 0 Å². The normalized spacial score (nSPS) is 12.3. The predicted octanol–water partition coefficient (Wildman–Crippen LogP) is -0.977. The fourth-order valence-electron chi connectivity index (χ4n) is 1.06. The summed E-state index contributed by atoms with van der Waals surface area (Å²) in [6.07, 6.45) is 0.711. The number of hydrogen-bond acceptors (Lipinski definition) is 5. The molecule has 0 heterocycles. The van der Waals surface area contributed by atoms with Gasteiger partial charge in [0.1, 0.15) is 0 Å². The topological polar surface area (TPSA) is 123 Å². The molecule has 9 heteroatoms. The highest BCUT2D eigenvalue weighted by Gasteiger charge is 2.19. The summed E-state index contributed by atoms with van der Waals surface area (Å²) in [5.74, 6) is -0.804. The SMILES string of the molecule is CS(=O)(=O)NS(=O)(=O)c1cccc(C(N)=O)c1. The summed E-state index contributed by atoms with van der Waals surface area (Å²) in [7, 11) is -8.14. The van der Waals surface area contributed by atoms with E-state index in [1.165, 1.54) is 16.3 Å². The van der Waals surface area contributed by atoms with E-state index in [1.807, 2.05) is 0 Å². The summed E-state index contributed by atoms with van der Waals surface area (Å²) in [6.45, 7) is 0. The van der Waals surface area contributed by atoms with E-state index in [-0.39, 0.29) is 10.5 Å². The number of carbonyl (C=O) groups excluding carboxylic acids is 1. The Morgan fingerprint density at radius 2 is 1.82 bits per heavy atom. The van der Waals surface area contributed by atoms with Gasteiger partial charge in [0.2, 0.25) is 15.9 Å². The number of nitrogens with one attached hydrogen (secondary N) is 1. The van der Waals surface area contributed by atoms with Gasteiger partial charge in [-0.1, -0.05) is 6.07 Å². The van der Waals surface area contributed by atoms with E-state index in [0.717, 1.165) is 12.1 Å². The van der Waals surface area contributed by atoms with Gasteiger partial charge in [-0.25, -0.2) is 16.8 Å². The fraction of sp³-hybridized carbons (Fsp3) is 0.125. The van der Waals surface area contributed by atoms with Gasteiger partial charge in [-0.3, -0.25) is 4.79 Å². The van der Waals surface area contributed by atoms with Gasteiger partial charge in [0.15, 0.2) is 0 Å². The van der Waals surface area contributed by atoms with Crippen molar-refractivity contribution in [2.24, 2.45) is 5.73 Å². The average Bonchev–Trinajstić information content (AvgIpc) is 2.14. The van der Waals surface area contributed by atoms with Crippen molar-refractivity contribution in [1.29, 1.82) is 0 Å². The van der Waals surface area contributed by atoms with Gasteiger partial charge >= 0.3 is 0 Å². The van der Waals surface area contributed by atoms with Crippen LogP contribution in [0.15, 0.2) is 29.2 Å². The number of rotatable bonds is 4. The lowest BCUT2D eigenvalue weighted by Crippen LogP contribution is -2.29. The summed E-state index contributed by atoms with van der Waals surface area (Å²) in [6, 6.07) is 4.76. The third-order valence-corrected chi connectivity index (χ3v) is 4.65. The molecular formula is C8H10N2O5S2. The first-order chi connectivity index (χ1) is 7.62. The van der Waals surface area contributed by atoms with Gasteiger partial charge in [-0.2, -0.15) is 0 Å². The summed E-state index contributed by atoms with van der Waals surface area (Å²) < 4.78 is 46.3. The fourth-order valence-corrected chi connectivity index (χ4v) is 3.58. The Bertz CT molecular complexity index is 648. The van der Waals surface area contributed by atoms with Crippen LogP contribution in [0.3, 0.4) is 0 Å². The molecule has 0 saturated carbocycles. The molecule has 17 heavy (non-hydrogen) atoms. The average molecular weight is 278 g/mol. The van der Waals surface area contributed by atoms with E-state index in [1.54, 1.807) is 0 Å². The van der Waals surface area contributed by atoms with E-state index in [2.05, 4.69) is 0 Å². The van der Waals surface area contributed by atoms with Crippen LogP contribution >= 0.6 is 0 Å². The van der Waals surface area contributed by atoms with Crippen molar-refractivity contribution in [3.63, 3.8) is 0 Å². The highest BCUT2D eigenvalue weighted by Crippen LogP contribution is 2.11. The van der Waals surface area contributed by atoms with Crippen LogP contribution in [0.25, 0.3) is 0 Å². The number of nitrogens with two attached hydrogens (primary N) is 1. The second kappa shape index (κ2) is 4.43. The maximum absolute atomic E-state index is 11.6. The second-order valence-electron chi connectivity index (χ2n) is 3.25. The van der Waals surface area contributed by atoms with Crippen LogP contribution < -0.4 is 9.86 Å². The van der Waals surface area contributed by atoms with Crippen molar-refractivity contribution < 1.29 is 21.6 Å². The standard InChI is InChI=1S/C8H10N2O5S2/c1-16(12,13)10-17(14,15)7-4-2-3-6(5-7)8(9)11/h2-5,10H,1H3,(H2,9,11). The van der Waals surface area contributed by atoms with Crippen LogP contribution in [0.2, 0.25) is 0 Å². The Labute approximate surface area is 98.7 Å². The first kappa shape index (κ1) is 13.6. The molecule has 0 aromatic heterocycles. The smallest absolute Gasteiger partial charge is 0.253 e. The summed E-state index contributed by atoms with van der Waals surface area (Å²) >= 11 is 0. The molecule has 0 fully saturated rings. The van der Waals surface area contributed by atoms with Gasteiger partial charge in [0.25, 0.3) is 10.0 Å². The van der Waals surface area contributed by atoms with E-state index < -0.39 is 26.0 Å². The van der Waals surface area contributed by atoms with Gasteiger partial charge in [-0.05, 0) is 18.2 Å². The van der Waals surface area contributed by atoms with E-state index in [0.29, 0.717) is 6.26 Å². The van der Waals surface area contributed by atoms with Crippen LogP contribution in [0.4, 0.5) is 0 Å². The first-order valence-corrected chi connectivity index (χ1v) is 7.63. The molecule has 0 aliphatic carbocycles. The highest BCUT2D eigenvalue weighted by molar-refractivity contribution is 8.04. The Kier molecular flexibility index (Phi) is 3.55. The zero-order chi connectivity index (χ0) is 13.3. The zero-order valence-electron chi connectivity index (χ0n) is 8.74. The van der Waals surface area contributed by atoms with E-state index in [4.69, 9.17) is 5.73 Å². The molecular weight excluding hydrogens is 268 g/mol. The lowest BCUT2D eigenvalue weighted by molar-refractivity contribution is 0.1000. The number of carbonyl (C=O) groups is 1. The van der Waals surface area contributed by atoms with Crippen LogP contribution in [-0.2, 0) is 20.0 Å². The molecule has 3 N–H and O–H groups in total. The number of benzene rings is 1. The number of amides is 1. The monoisotopic (exact) mass is 278 g/mol. The molecule has 0 atom stereocenters.